The summed E-state index contributed by atoms with van der Waals surface area (Å²) in [5.41, 5.74) is 4.12. The predicted octanol–water partition coefficient (Wildman–Crippen LogP) is 6.40. The Labute approximate surface area is 160 Å². The van der Waals surface area contributed by atoms with Crippen LogP contribution in [0.3, 0.4) is 0 Å². The first-order valence-corrected chi connectivity index (χ1v) is 9.87. The van der Waals surface area contributed by atoms with Gasteiger partial charge in [0.05, 0.1) is 12.4 Å². The van der Waals surface area contributed by atoms with E-state index in [4.69, 9.17) is 11.6 Å². The van der Waals surface area contributed by atoms with Gasteiger partial charge in [-0.05, 0) is 41.0 Å². The Hall–Kier alpha value is -2.06. The van der Waals surface area contributed by atoms with E-state index in [9.17, 15) is 0 Å². The molecule has 0 radical (unpaired) electrons. The molecule has 1 fully saturated rings. The Balaban J connectivity index is 1.72. The van der Waals surface area contributed by atoms with Crippen LogP contribution in [0.25, 0.3) is 0 Å². The molecule has 0 spiro atoms. The van der Waals surface area contributed by atoms with Crippen molar-refractivity contribution in [3.05, 3.63) is 89.0 Å². The molecular weight excluding hydrogens is 340 g/mol. The highest BCUT2D eigenvalue weighted by atomic mass is 35.5. The van der Waals surface area contributed by atoms with Gasteiger partial charge in [-0.15, -0.1) is 0 Å². The summed E-state index contributed by atoms with van der Waals surface area (Å²) in [4.78, 5) is 4.25. The normalized spacial score (nSPS) is 17.8. The minimum absolute atomic E-state index is 0.0411. The number of nitrogens with zero attached hydrogens (tertiary/aromatic N) is 2. The van der Waals surface area contributed by atoms with Gasteiger partial charge in [0.1, 0.15) is 0 Å². The Kier molecular flexibility index (Phi) is 4.86. The van der Waals surface area contributed by atoms with Crippen molar-refractivity contribution in [3.8, 4) is 0 Å². The molecule has 0 N–H and O–H groups in total. The van der Waals surface area contributed by atoms with Crippen molar-refractivity contribution in [2.75, 3.05) is 0 Å². The summed E-state index contributed by atoms with van der Waals surface area (Å²) in [6.45, 7) is 2.42. The molecule has 1 unspecified atom stereocenters. The molecule has 1 atom stereocenters. The van der Waals surface area contributed by atoms with E-state index in [0.717, 1.165) is 10.6 Å². The van der Waals surface area contributed by atoms with Crippen molar-refractivity contribution in [2.45, 2.75) is 50.5 Å². The van der Waals surface area contributed by atoms with Crippen LogP contribution in [-0.2, 0) is 5.41 Å². The molecule has 1 aromatic heterocycles. The molecule has 2 nitrogen and oxygen atoms in total. The number of aromatic nitrogens is 2. The fourth-order valence-electron chi connectivity index (χ4n) is 4.32. The minimum Gasteiger partial charge on any atom is -0.326 e. The molecule has 3 aromatic rings. The number of rotatable bonds is 4. The van der Waals surface area contributed by atoms with Crippen LogP contribution in [0.5, 0.6) is 0 Å². The fourth-order valence-corrected chi connectivity index (χ4v) is 4.56. The second-order valence-electron chi connectivity index (χ2n) is 7.68. The zero-order chi connectivity index (χ0) is 18.0. The van der Waals surface area contributed by atoms with Gasteiger partial charge in [-0.3, -0.25) is 0 Å². The number of hydrogen-bond acceptors (Lipinski definition) is 1. The maximum Gasteiger partial charge on any atom is 0.0954 e. The van der Waals surface area contributed by atoms with Crippen molar-refractivity contribution < 1.29 is 0 Å². The number of hydrogen-bond donors (Lipinski definition) is 0. The molecule has 1 heterocycles. The van der Waals surface area contributed by atoms with Crippen molar-refractivity contribution in [3.63, 3.8) is 0 Å². The van der Waals surface area contributed by atoms with Gasteiger partial charge in [-0.2, -0.15) is 0 Å². The summed E-state index contributed by atoms with van der Waals surface area (Å²) in [5.74, 6) is 0. The standard InChI is InChI=1S/C23H25ClN2/c1-23(13-5-2-6-14-23)19-11-9-18(10-12-19)22(26-16-15-25-17-26)20-7-3-4-8-21(20)24/h3-4,7-12,15-17,22H,2,5-6,13-14H2,1H3. The fraction of sp³-hybridized carbons (Fsp3) is 0.348. The average Bonchev–Trinajstić information content (AvgIpc) is 3.19. The summed E-state index contributed by atoms with van der Waals surface area (Å²) < 4.78 is 2.12. The van der Waals surface area contributed by atoms with Crippen molar-refractivity contribution >= 4 is 11.6 Å². The maximum atomic E-state index is 6.53. The summed E-state index contributed by atoms with van der Waals surface area (Å²) in [6.07, 6.45) is 12.3. The quantitative estimate of drug-likeness (QED) is 0.524. The lowest BCUT2D eigenvalue weighted by atomic mass is 9.71. The highest BCUT2D eigenvalue weighted by Gasteiger charge is 2.29. The van der Waals surface area contributed by atoms with Gasteiger partial charge in [0, 0.05) is 17.4 Å². The third kappa shape index (κ3) is 3.31. The molecule has 0 amide bonds. The molecule has 0 bridgehead atoms. The maximum absolute atomic E-state index is 6.53. The zero-order valence-electron chi connectivity index (χ0n) is 15.2. The molecule has 2 aromatic carbocycles. The summed E-state index contributed by atoms with van der Waals surface area (Å²) in [7, 11) is 0. The summed E-state index contributed by atoms with van der Waals surface area (Å²) in [6, 6.07) is 17.3. The number of benzene rings is 2. The molecule has 134 valence electrons. The third-order valence-corrected chi connectivity index (χ3v) is 6.25. The van der Waals surface area contributed by atoms with Crippen LogP contribution < -0.4 is 0 Å². The number of halogens is 1. The van der Waals surface area contributed by atoms with E-state index in [2.05, 4.69) is 46.8 Å². The molecule has 1 saturated carbocycles. The molecule has 26 heavy (non-hydrogen) atoms. The summed E-state index contributed by atoms with van der Waals surface area (Å²) in [5, 5.41) is 0.787. The predicted molar refractivity (Wildman–Crippen MR) is 108 cm³/mol. The average molecular weight is 365 g/mol. The lowest BCUT2D eigenvalue weighted by Crippen LogP contribution is -2.25. The Morgan fingerprint density at radius 2 is 1.73 bits per heavy atom. The molecule has 4 rings (SSSR count). The van der Waals surface area contributed by atoms with Gasteiger partial charge >= 0.3 is 0 Å². The van der Waals surface area contributed by atoms with E-state index in [1.165, 1.54) is 43.2 Å². The highest BCUT2D eigenvalue weighted by molar-refractivity contribution is 6.31. The molecule has 1 aliphatic carbocycles. The topological polar surface area (TPSA) is 17.8 Å². The minimum atomic E-state index is 0.0411. The zero-order valence-corrected chi connectivity index (χ0v) is 16.0. The van der Waals surface area contributed by atoms with Gasteiger partial charge in [-0.1, -0.05) is 80.3 Å². The Morgan fingerprint density at radius 3 is 2.38 bits per heavy atom. The molecule has 3 heteroatoms. The SMILES string of the molecule is CC1(c2ccc(C(c3ccccc3Cl)n3ccnc3)cc2)CCCCC1. The van der Waals surface area contributed by atoms with Crippen LogP contribution >= 0.6 is 11.6 Å². The van der Waals surface area contributed by atoms with E-state index in [-0.39, 0.29) is 6.04 Å². The Bertz CT molecular complexity index is 846. The van der Waals surface area contributed by atoms with E-state index in [1.807, 2.05) is 36.9 Å². The van der Waals surface area contributed by atoms with Crippen LogP contribution in [0.2, 0.25) is 5.02 Å². The van der Waals surface area contributed by atoms with Gasteiger partial charge < -0.3 is 4.57 Å². The second-order valence-corrected chi connectivity index (χ2v) is 8.08. The van der Waals surface area contributed by atoms with Crippen LogP contribution in [0.1, 0.15) is 61.8 Å². The van der Waals surface area contributed by atoms with Crippen molar-refractivity contribution in [1.29, 1.82) is 0 Å². The van der Waals surface area contributed by atoms with Crippen LogP contribution in [0.4, 0.5) is 0 Å². The Morgan fingerprint density at radius 1 is 1.00 bits per heavy atom. The van der Waals surface area contributed by atoms with Gasteiger partial charge in [0.25, 0.3) is 0 Å². The van der Waals surface area contributed by atoms with Crippen molar-refractivity contribution in [1.82, 2.24) is 9.55 Å². The van der Waals surface area contributed by atoms with E-state index in [1.54, 1.807) is 0 Å². The first-order valence-electron chi connectivity index (χ1n) is 9.50. The smallest absolute Gasteiger partial charge is 0.0954 e. The lowest BCUT2D eigenvalue weighted by molar-refractivity contribution is 0.319. The monoisotopic (exact) mass is 364 g/mol. The molecule has 1 aliphatic rings. The lowest BCUT2D eigenvalue weighted by Gasteiger charge is -2.34. The molecule has 0 aliphatic heterocycles. The van der Waals surface area contributed by atoms with E-state index in [0.29, 0.717) is 5.41 Å². The first kappa shape index (κ1) is 17.4. The van der Waals surface area contributed by atoms with Gasteiger partial charge in [-0.25, -0.2) is 4.98 Å². The molecule has 0 saturated heterocycles. The van der Waals surface area contributed by atoms with Crippen LogP contribution in [0, 0.1) is 0 Å². The van der Waals surface area contributed by atoms with Crippen LogP contribution in [-0.4, -0.2) is 9.55 Å². The largest absolute Gasteiger partial charge is 0.326 e. The first-order chi connectivity index (χ1) is 12.7. The number of imidazole rings is 1. The van der Waals surface area contributed by atoms with Crippen LogP contribution in [0.15, 0.2) is 67.3 Å². The second kappa shape index (κ2) is 7.28. The molecular formula is C23H25ClN2. The van der Waals surface area contributed by atoms with Gasteiger partial charge in [0.2, 0.25) is 0 Å². The highest BCUT2D eigenvalue weighted by Crippen LogP contribution is 2.40. The van der Waals surface area contributed by atoms with Gasteiger partial charge in [0.15, 0.2) is 0 Å². The van der Waals surface area contributed by atoms with E-state index < -0.39 is 0 Å². The summed E-state index contributed by atoms with van der Waals surface area (Å²) >= 11 is 6.53. The van der Waals surface area contributed by atoms with E-state index >= 15 is 0 Å². The van der Waals surface area contributed by atoms with Crippen molar-refractivity contribution in [2.24, 2.45) is 0 Å². The third-order valence-electron chi connectivity index (χ3n) is 5.90.